The molecule has 27 heavy (non-hydrogen) atoms. The third-order valence-corrected chi connectivity index (χ3v) is 5.65. The maximum atomic E-state index is 5.60. The third kappa shape index (κ3) is 5.24. The van der Waals surface area contributed by atoms with Crippen LogP contribution in [0.25, 0.3) is 11.5 Å². The molecule has 0 radical (unpaired) electrons. The van der Waals surface area contributed by atoms with Crippen LogP contribution in [-0.4, -0.2) is 24.0 Å². The number of nitrogens with one attached hydrogen (secondary N) is 2. The fourth-order valence-corrected chi connectivity index (χ4v) is 4.11. The molecule has 5 nitrogen and oxygen atoms in total. The second-order valence-corrected chi connectivity index (χ2v) is 7.48. The van der Waals surface area contributed by atoms with Crippen molar-refractivity contribution in [2.75, 3.05) is 7.05 Å². The van der Waals surface area contributed by atoms with E-state index in [0.29, 0.717) is 18.5 Å². The van der Waals surface area contributed by atoms with Gasteiger partial charge in [-0.2, -0.15) is 0 Å². The predicted molar refractivity (Wildman–Crippen MR) is 119 cm³/mol. The smallest absolute Gasteiger partial charge is 0.226 e. The van der Waals surface area contributed by atoms with Crippen molar-refractivity contribution in [1.82, 2.24) is 15.6 Å². The molecular formula is C21H29IN4O. The lowest BCUT2D eigenvalue weighted by Crippen LogP contribution is -2.39. The van der Waals surface area contributed by atoms with Gasteiger partial charge in [0.05, 0.1) is 12.2 Å². The van der Waals surface area contributed by atoms with Gasteiger partial charge in [-0.25, -0.2) is 4.98 Å². The van der Waals surface area contributed by atoms with Gasteiger partial charge in [0, 0.05) is 18.7 Å². The fourth-order valence-electron chi connectivity index (χ4n) is 4.11. The van der Waals surface area contributed by atoms with Crippen molar-refractivity contribution in [1.29, 1.82) is 0 Å². The molecule has 6 heteroatoms. The van der Waals surface area contributed by atoms with Crippen molar-refractivity contribution in [3.8, 4) is 11.5 Å². The van der Waals surface area contributed by atoms with Crippen LogP contribution in [0.2, 0.25) is 0 Å². The molecule has 4 rings (SSSR count). The summed E-state index contributed by atoms with van der Waals surface area (Å²) in [6.07, 6.45) is 10.1. The Labute approximate surface area is 178 Å². The van der Waals surface area contributed by atoms with Gasteiger partial charge in [-0.05, 0) is 30.4 Å². The fraction of sp³-hybridized carbons (Fsp3) is 0.524. The molecule has 2 N–H and O–H groups in total. The van der Waals surface area contributed by atoms with E-state index in [1.165, 1.54) is 38.5 Å². The monoisotopic (exact) mass is 480 g/mol. The minimum atomic E-state index is 0. The number of aliphatic imine (C=N–C) groups is 1. The van der Waals surface area contributed by atoms with Crippen molar-refractivity contribution in [3.63, 3.8) is 0 Å². The molecule has 2 saturated carbocycles. The summed E-state index contributed by atoms with van der Waals surface area (Å²) in [6.45, 7) is 0.608. The zero-order chi connectivity index (χ0) is 17.8. The number of benzene rings is 1. The lowest BCUT2D eigenvalue weighted by molar-refractivity contribution is 0.315. The van der Waals surface area contributed by atoms with Crippen LogP contribution in [0.3, 0.4) is 0 Å². The summed E-state index contributed by atoms with van der Waals surface area (Å²) in [5.41, 5.74) is 1.88. The van der Waals surface area contributed by atoms with Gasteiger partial charge in [0.2, 0.25) is 5.89 Å². The number of hydrogen-bond donors (Lipinski definition) is 2. The summed E-state index contributed by atoms with van der Waals surface area (Å²) >= 11 is 0. The Kier molecular flexibility index (Phi) is 7.15. The van der Waals surface area contributed by atoms with Gasteiger partial charge in [-0.1, -0.05) is 50.3 Å². The number of guanidine groups is 1. The first-order valence-electron chi connectivity index (χ1n) is 9.80. The minimum absolute atomic E-state index is 0. The Morgan fingerprint density at radius 1 is 1.19 bits per heavy atom. The van der Waals surface area contributed by atoms with E-state index in [4.69, 9.17) is 4.42 Å². The molecule has 146 valence electrons. The SMILES string of the molecule is CN=C(NCc1coc(-c2ccccc2)n1)NC1CC1C1CCCCC1.I. The Hall–Kier alpha value is -1.57. The number of rotatable bonds is 5. The highest BCUT2D eigenvalue weighted by atomic mass is 127. The second-order valence-electron chi connectivity index (χ2n) is 7.48. The molecule has 2 unspecified atom stereocenters. The zero-order valence-electron chi connectivity index (χ0n) is 15.9. The van der Waals surface area contributed by atoms with Gasteiger partial charge < -0.3 is 15.1 Å². The van der Waals surface area contributed by atoms with Crippen LogP contribution in [0, 0.1) is 11.8 Å². The van der Waals surface area contributed by atoms with E-state index in [2.05, 4.69) is 20.6 Å². The van der Waals surface area contributed by atoms with Crippen LogP contribution in [0.1, 0.15) is 44.2 Å². The Morgan fingerprint density at radius 2 is 1.96 bits per heavy atom. The maximum Gasteiger partial charge on any atom is 0.226 e. The molecule has 2 aliphatic rings. The second kappa shape index (κ2) is 9.57. The summed E-state index contributed by atoms with van der Waals surface area (Å²) < 4.78 is 5.60. The summed E-state index contributed by atoms with van der Waals surface area (Å²) in [7, 11) is 1.82. The quantitative estimate of drug-likeness (QED) is 0.373. The van der Waals surface area contributed by atoms with Crippen molar-refractivity contribution in [3.05, 3.63) is 42.3 Å². The van der Waals surface area contributed by atoms with E-state index in [1.54, 1.807) is 6.26 Å². The number of oxazole rings is 1. The first-order valence-corrected chi connectivity index (χ1v) is 9.80. The van der Waals surface area contributed by atoms with Gasteiger partial charge in [0.1, 0.15) is 6.26 Å². The van der Waals surface area contributed by atoms with Gasteiger partial charge in [0.15, 0.2) is 5.96 Å². The summed E-state index contributed by atoms with van der Waals surface area (Å²) in [4.78, 5) is 8.92. The van der Waals surface area contributed by atoms with Crippen LogP contribution in [0.5, 0.6) is 0 Å². The molecule has 2 aromatic rings. The lowest BCUT2D eigenvalue weighted by Gasteiger charge is -2.22. The average molecular weight is 480 g/mol. The molecule has 0 bridgehead atoms. The van der Waals surface area contributed by atoms with Crippen LogP contribution < -0.4 is 10.6 Å². The Balaban J connectivity index is 0.00000210. The van der Waals surface area contributed by atoms with Crippen LogP contribution in [-0.2, 0) is 6.54 Å². The summed E-state index contributed by atoms with van der Waals surface area (Å²) in [6, 6.07) is 10.6. The van der Waals surface area contributed by atoms with Gasteiger partial charge in [-0.3, -0.25) is 4.99 Å². The molecule has 2 atom stereocenters. The standard InChI is InChI=1S/C21H28N4O.HI/c1-22-21(25-19-12-18(19)15-8-4-2-5-9-15)23-13-17-14-26-20(24-17)16-10-6-3-7-11-16;/h3,6-7,10-11,14-15,18-19H,2,4-5,8-9,12-13H2,1H3,(H2,22,23,25);1H. The van der Waals surface area contributed by atoms with E-state index in [1.807, 2.05) is 37.4 Å². The highest BCUT2D eigenvalue weighted by Gasteiger charge is 2.43. The molecule has 1 heterocycles. The average Bonchev–Trinajstić information content (AvgIpc) is 3.31. The van der Waals surface area contributed by atoms with Gasteiger partial charge >= 0.3 is 0 Å². The summed E-state index contributed by atoms with van der Waals surface area (Å²) in [5.74, 6) is 3.27. The van der Waals surface area contributed by atoms with Crippen LogP contribution in [0.15, 0.2) is 46.0 Å². The van der Waals surface area contributed by atoms with E-state index in [-0.39, 0.29) is 24.0 Å². The molecule has 0 spiro atoms. The van der Waals surface area contributed by atoms with Crippen molar-refractivity contribution < 1.29 is 4.42 Å². The number of halogens is 1. The first kappa shape index (κ1) is 20.2. The van der Waals surface area contributed by atoms with Crippen molar-refractivity contribution in [2.24, 2.45) is 16.8 Å². The number of hydrogen-bond acceptors (Lipinski definition) is 3. The van der Waals surface area contributed by atoms with E-state index >= 15 is 0 Å². The van der Waals surface area contributed by atoms with Crippen LogP contribution in [0.4, 0.5) is 0 Å². The largest absolute Gasteiger partial charge is 0.444 e. The molecule has 1 aromatic heterocycles. The van der Waals surface area contributed by atoms with E-state index in [0.717, 1.165) is 29.1 Å². The number of nitrogens with zero attached hydrogens (tertiary/aromatic N) is 2. The highest BCUT2D eigenvalue weighted by molar-refractivity contribution is 14.0. The molecule has 2 fully saturated rings. The topological polar surface area (TPSA) is 62.5 Å². The molecule has 0 amide bonds. The molecule has 0 aliphatic heterocycles. The molecule has 2 aliphatic carbocycles. The molecule has 1 aromatic carbocycles. The Morgan fingerprint density at radius 3 is 2.70 bits per heavy atom. The first-order chi connectivity index (χ1) is 12.8. The third-order valence-electron chi connectivity index (χ3n) is 5.65. The Bertz CT molecular complexity index is 740. The normalized spacial score (nSPS) is 22.8. The zero-order valence-corrected chi connectivity index (χ0v) is 18.2. The maximum absolute atomic E-state index is 5.60. The van der Waals surface area contributed by atoms with Crippen molar-refractivity contribution in [2.45, 2.75) is 51.1 Å². The predicted octanol–water partition coefficient (Wildman–Crippen LogP) is 4.59. The van der Waals surface area contributed by atoms with Gasteiger partial charge in [-0.15, -0.1) is 24.0 Å². The highest BCUT2D eigenvalue weighted by Crippen LogP contribution is 2.44. The number of aromatic nitrogens is 1. The lowest BCUT2D eigenvalue weighted by atomic mass is 9.85. The minimum Gasteiger partial charge on any atom is -0.444 e. The molecule has 0 saturated heterocycles. The summed E-state index contributed by atoms with van der Waals surface area (Å²) in [5, 5.41) is 6.94. The van der Waals surface area contributed by atoms with E-state index < -0.39 is 0 Å². The molecular weight excluding hydrogens is 451 g/mol. The van der Waals surface area contributed by atoms with E-state index in [9.17, 15) is 0 Å². The van der Waals surface area contributed by atoms with Gasteiger partial charge in [0.25, 0.3) is 0 Å². The van der Waals surface area contributed by atoms with Crippen molar-refractivity contribution >= 4 is 29.9 Å². The van der Waals surface area contributed by atoms with Crippen LogP contribution >= 0.6 is 24.0 Å².